The van der Waals surface area contributed by atoms with Gasteiger partial charge in [0.2, 0.25) is 0 Å². The molecule has 2 aromatic rings. The number of benzene rings is 2. The molecule has 0 atom stereocenters. The third-order valence-electron chi connectivity index (χ3n) is 3.20. The largest absolute Gasteiger partial charge is 0.423 e. The van der Waals surface area contributed by atoms with Crippen LogP contribution in [0.2, 0.25) is 0 Å². The van der Waals surface area contributed by atoms with E-state index in [2.05, 4.69) is 5.32 Å². The molecule has 0 bridgehead atoms. The van der Waals surface area contributed by atoms with Crippen molar-refractivity contribution in [3.05, 3.63) is 65.7 Å². The van der Waals surface area contributed by atoms with E-state index < -0.39 is 5.97 Å². The molecule has 0 radical (unpaired) electrons. The van der Waals surface area contributed by atoms with Crippen LogP contribution in [0.5, 0.6) is 5.75 Å². The summed E-state index contributed by atoms with van der Waals surface area (Å²) in [6.07, 6.45) is 5.10. The molecule has 0 saturated heterocycles. The Kier molecular flexibility index (Phi) is 6.63. The Hall–Kier alpha value is -2.53. The molecule has 2 rings (SSSR count). The summed E-state index contributed by atoms with van der Waals surface area (Å²) in [5.74, 6) is -0.214. The van der Waals surface area contributed by atoms with E-state index in [1.807, 2.05) is 37.4 Å². The van der Waals surface area contributed by atoms with Crippen LogP contribution in [0.15, 0.2) is 59.5 Å². The maximum Gasteiger partial charge on any atom is 0.336 e. The van der Waals surface area contributed by atoms with Crippen molar-refractivity contribution in [1.82, 2.24) is 5.32 Å². The molecule has 1 N–H and O–H groups in total. The molecule has 0 heterocycles. The molecule has 4 nitrogen and oxygen atoms in total. The second kappa shape index (κ2) is 8.93. The average molecular weight is 341 g/mol. The van der Waals surface area contributed by atoms with Crippen molar-refractivity contribution >= 4 is 29.7 Å². The van der Waals surface area contributed by atoms with Crippen LogP contribution in [0.4, 0.5) is 0 Å². The van der Waals surface area contributed by atoms with Gasteiger partial charge in [0.1, 0.15) is 5.75 Å². The summed E-state index contributed by atoms with van der Waals surface area (Å²) in [5, 5.41) is 2.71. The fourth-order valence-electron chi connectivity index (χ4n) is 1.97. The zero-order valence-corrected chi connectivity index (χ0v) is 14.4. The lowest BCUT2D eigenvalue weighted by Gasteiger charge is -2.04. The van der Waals surface area contributed by atoms with Gasteiger partial charge in [0.15, 0.2) is 0 Å². The molecular weight excluding hydrogens is 322 g/mol. The van der Waals surface area contributed by atoms with E-state index in [1.54, 1.807) is 42.1 Å². The van der Waals surface area contributed by atoms with Gasteiger partial charge in [0, 0.05) is 23.1 Å². The summed E-state index contributed by atoms with van der Waals surface area (Å²) in [5.41, 5.74) is 1.46. The van der Waals surface area contributed by atoms with Crippen molar-refractivity contribution in [2.45, 2.75) is 11.8 Å². The van der Waals surface area contributed by atoms with Crippen molar-refractivity contribution in [1.29, 1.82) is 0 Å². The first-order valence-electron chi connectivity index (χ1n) is 7.54. The molecule has 0 aliphatic heterocycles. The second-order valence-corrected chi connectivity index (χ2v) is 5.79. The Morgan fingerprint density at radius 3 is 2.33 bits per heavy atom. The summed E-state index contributed by atoms with van der Waals surface area (Å²) in [4.78, 5) is 24.7. The Bertz CT molecular complexity index is 721. The number of ether oxygens (including phenoxy) is 1. The fraction of sp³-hybridized carbons (Fsp3) is 0.158. The summed E-state index contributed by atoms with van der Waals surface area (Å²) >= 11 is 1.67. The lowest BCUT2D eigenvalue weighted by molar-refractivity contribution is -0.128. The number of nitrogens with one attached hydrogen (secondary N) is 1. The molecule has 5 heteroatoms. The van der Waals surface area contributed by atoms with Gasteiger partial charge in [-0.15, -0.1) is 11.8 Å². The highest BCUT2D eigenvalue weighted by Gasteiger charge is 2.05. The van der Waals surface area contributed by atoms with E-state index in [0.717, 1.165) is 5.56 Å². The normalized spacial score (nSPS) is 10.6. The quantitative estimate of drug-likeness (QED) is 0.376. The van der Waals surface area contributed by atoms with E-state index in [4.69, 9.17) is 4.74 Å². The molecule has 0 aliphatic rings. The van der Waals surface area contributed by atoms with Crippen LogP contribution in [-0.2, 0) is 4.79 Å². The topological polar surface area (TPSA) is 55.4 Å². The summed E-state index contributed by atoms with van der Waals surface area (Å²) in [7, 11) is 0. The summed E-state index contributed by atoms with van der Waals surface area (Å²) in [6, 6.07) is 14.3. The summed E-state index contributed by atoms with van der Waals surface area (Å²) < 4.78 is 5.21. The van der Waals surface area contributed by atoms with Gasteiger partial charge in [-0.05, 0) is 61.2 Å². The first-order valence-corrected chi connectivity index (χ1v) is 8.77. The second-order valence-electron chi connectivity index (χ2n) is 4.91. The first-order chi connectivity index (χ1) is 11.6. The molecule has 1 amide bonds. The standard InChI is InChI=1S/C19H19NO3S/c1-3-20-19(22)15-7-9-16(10-8-15)23-18(21)13-6-14-4-11-17(24-2)12-5-14/h4-13H,3H2,1-2H3,(H,20,22)/b13-6+. The minimum atomic E-state index is -0.463. The number of esters is 1. The number of hydrogen-bond donors (Lipinski definition) is 1. The van der Waals surface area contributed by atoms with Crippen LogP contribution in [0.1, 0.15) is 22.8 Å². The predicted octanol–water partition coefficient (Wildman–Crippen LogP) is 3.78. The van der Waals surface area contributed by atoms with Gasteiger partial charge in [0.05, 0.1) is 0 Å². The number of rotatable bonds is 6. The van der Waals surface area contributed by atoms with E-state index in [-0.39, 0.29) is 5.91 Å². The third kappa shape index (κ3) is 5.28. The molecule has 124 valence electrons. The Labute approximate surface area is 145 Å². The maximum atomic E-state index is 11.8. The van der Waals surface area contributed by atoms with Crippen molar-refractivity contribution in [3.8, 4) is 5.75 Å². The van der Waals surface area contributed by atoms with Crippen LogP contribution in [0.25, 0.3) is 6.08 Å². The summed E-state index contributed by atoms with van der Waals surface area (Å²) in [6.45, 7) is 2.42. The van der Waals surface area contributed by atoms with Gasteiger partial charge in [-0.2, -0.15) is 0 Å². The zero-order chi connectivity index (χ0) is 17.4. The molecule has 24 heavy (non-hydrogen) atoms. The van der Waals surface area contributed by atoms with Gasteiger partial charge in [-0.1, -0.05) is 12.1 Å². The zero-order valence-electron chi connectivity index (χ0n) is 13.6. The highest BCUT2D eigenvalue weighted by molar-refractivity contribution is 7.98. The minimum absolute atomic E-state index is 0.149. The number of hydrogen-bond acceptors (Lipinski definition) is 4. The molecule has 0 fully saturated rings. The fourth-order valence-corrected chi connectivity index (χ4v) is 2.37. The van der Waals surface area contributed by atoms with Crippen LogP contribution in [-0.4, -0.2) is 24.7 Å². The van der Waals surface area contributed by atoms with E-state index in [1.165, 1.54) is 11.0 Å². The molecule has 0 spiro atoms. The van der Waals surface area contributed by atoms with Crippen molar-refractivity contribution in [2.24, 2.45) is 0 Å². The van der Waals surface area contributed by atoms with Gasteiger partial charge >= 0.3 is 5.97 Å². The third-order valence-corrected chi connectivity index (χ3v) is 3.94. The maximum absolute atomic E-state index is 11.8. The Morgan fingerprint density at radius 1 is 1.08 bits per heavy atom. The minimum Gasteiger partial charge on any atom is -0.423 e. The average Bonchev–Trinajstić information content (AvgIpc) is 2.61. The number of thioether (sulfide) groups is 1. The van der Waals surface area contributed by atoms with Crippen molar-refractivity contribution in [3.63, 3.8) is 0 Å². The van der Waals surface area contributed by atoms with Crippen LogP contribution >= 0.6 is 11.8 Å². The first kappa shape index (κ1) is 17.8. The molecule has 0 aliphatic carbocycles. The van der Waals surface area contributed by atoms with E-state index in [9.17, 15) is 9.59 Å². The Morgan fingerprint density at radius 2 is 1.75 bits per heavy atom. The molecule has 0 saturated carbocycles. The van der Waals surface area contributed by atoms with Gasteiger partial charge in [0.25, 0.3) is 5.91 Å². The molecule has 2 aromatic carbocycles. The number of carbonyl (C=O) groups is 2. The van der Waals surface area contributed by atoms with Crippen molar-refractivity contribution in [2.75, 3.05) is 12.8 Å². The highest BCUT2D eigenvalue weighted by atomic mass is 32.2. The molecule has 0 aromatic heterocycles. The van der Waals surface area contributed by atoms with Crippen LogP contribution in [0, 0.1) is 0 Å². The van der Waals surface area contributed by atoms with Crippen LogP contribution in [0.3, 0.4) is 0 Å². The molecular formula is C19H19NO3S. The van der Waals surface area contributed by atoms with Gasteiger partial charge < -0.3 is 10.1 Å². The Balaban J connectivity index is 1.93. The van der Waals surface area contributed by atoms with Gasteiger partial charge in [-0.3, -0.25) is 4.79 Å². The van der Waals surface area contributed by atoms with E-state index >= 15 is 0 Å². The number of amides is 1. The lowest BCUT2D eigenvalue weighted by Crippen LogP contribution is -2.22. The lowest BCUT2D eigenvalue weighted by atomic mass is 10.2. The van der Waals surface area contributed by atoms with Gasteiger partial charge in [-0.25, -0.2) is 4.79 Å². The molecule has 0 unspecified atom stereocenters. The van der Waals surface area contributed by atoms with E-state index in [0.29, 0.717) is 17.9 Å². The highest BCUT2D eigenvalue weighted by Crippen LogP contribution is 2.16. The van der Waals surface area contributed by atoms with Crippen LogP contribution < -0.4 is 10.1 Å². The smallest absolute Gasteiger partial charge is 0.336 e. The monoisotopic (exact) mass is 341 g/mol. The van der Waals surface area contributed by atoms with Crippen molar-refractivity contribution < 1.29 is 14.3 Å². The predicted molar refractivity (Wildman–Crippen MR) is 97.3 cm³/mol. The SMILES string of the molecule is CCNC(=O)c1ccc(OC(=O)/C=C/c2ccc(SC)cc2)cc1. The number of carbonyl (C=O) groups excluding carboxylic acids is 2.